The Balaban J connectivity index is 3.01. The molecule has 1 aromatic rings. The lowest BCUT2D eigenvalue weighted by atomic mass is 10.1. The number of carbonyl (C=O) groups excluding carboxylic acids is 1. The maximum atomic E-state index is 10.8. The Bertz CT molecular complexity index is 321. The quantitative estimate of drug-likeness (QED) is 0.728. The van der Waals surface area contributed by atoms with Gasteiger partial charge in [0.2, 0.25) is 5.91 Å². The smallest absolute Gasteiger partial charge is 0.221 e. The van der Waals surface area contributed by atoms with Crippen LogP contribution in [0.4, 0.5) is 5.69 Å². The Morgan fingerprint density at radius 2 is 2.23 bits per heavy atom. The number of phenolic OH excluding ortho intramolecular Hbond substituents is 1. The van der Waals surface area contributed by atoms with Crippen LogP contribution in [0.25, 0.3) is 0 Å². The van der Waals surface area contributed by atoms with E-state index in [2.05, 4.69) is 5.32 Å². The highest BCUT2D eigenvalue weighted by atomic mass is 16.3. The first-order valence-corrected chi connectivity index (χ1v) is 4.23. The first-order chi connectivity index (χ1) is 6.13. The van der Waals surface area contributed by atoms with Crippen LogP contribution in [0.1, 0.15) is 19.4 Å². The average molecular weight is 179 g/mol. The third-order valence-corrected chi connectivity index (χ3v) is 1.79. The van der Waals surface area contributed by atoms with E-state index in [-0.39, 0.29) is 11.7 Å². The van der Waals surface area contributed by atoms with Gasteiger partial charge in [-0.25, -0.2) is 0 Å². The summed E-state index contributed by atoms with van der Waals surface area (Å²) in [6.45, 7) is 3.45. The monoisotopic (exact) mass is 179 g/mol. The van der Waals surface area contributed by atoms with Gasteiger partial charge >= 0.3 is 0 Å². The van der Waals surface area contributed by atoms with Crippen molar-refractivity contribution in [2.45, 2.75) is 20.3 Å². The van der Waals surface area contributed by atoms with Crippen molar-refractivity contribution in [3.05, 3.63) is 23.8 Å². The Morgan fingerprint density at radius 3 is 2.77 bits per heavy atom. The van der Waals surface area contributed by atoms with Gasteiger partial charge in [-0.2, -0.15) is 0 Å². The van der Waals surface area contributed by atoms with Crippen LogP contribution in [-0.4, -0.2) is 11.0 Å². The number of amides is 1. The number of hydrogen-bond acceptors (Lipinski definition) is 2. The first-order valence-electron chi connectivity index (χ1n) is 4.23. The van der Waals surface area contributed by atoms with Crippen molar-refractivity contribution in [3.63, 3.8) is 0 Å². The number of benzene rings is 1. The topological polar surface area (TPSA) is 49.3 Å². The maximum absolute atomic E-state index is 10.8. The predicted molar refractivity (Wildman–Crippen MR) is 51.8 cm³/mol. The molecule has 3 nitrogen and oxygen atoms in total. The van der Waals surface area contributed by atoms with E-state index in [4.69, 9.17) is 0 Å². The van der Waals surface area contributed by atoms with Gasteiger partial charge in [0.25, 0.3) is 0 Å². The third-order valence-electron chi connectivity index (χ3n) is 1.79. The van der Waals surface area contributed by atoms with Crippen LogP contribution in [0, 0.1) is 0 Å². The molecule has 0 unspecified atom stereocenters. The molecule has 0 bridgehead atoms. The van der Waals surface area contributed by atoms with Crippen molar-refractivity contribution in [1.29, 1.82) is 0 Å². The van der Waals surface area contributed by atoms with Gasteiger partial charge in [-0.05, 0) is 18.1 Å². The molecule has 2 N–H and O–H groups in total. The summed E-state index contributed by atoms with van der Waals surface area (Å²) < 4.78 is 0. The average Bonchev–Trinajstić information content (AvgIpc) is 2.03. The summed E-state index contributed by atoms with van der Waals surface area (Å²) in [7, 11) is 0. The summed E-state index contributed by atoms with van der Waals surface area (Å²) in [5, 5.41) is 11.9. The number of anilines is 1. The van der Waals surface area contributed by atoms with Crippen LogP contribution in [0.3, 0.4) is 0 Å². The van der Waals surface area contributed by atoms with Crippen LogP contribution in [0.15, 0.2) is 18.2 Å². The van der Waals surface area contributed by atoms with Gasteiger partial charge in [0, 0.05) is 18.7 Å². The summed E-state index contributed by atoms with van der Waals surface area (Å²) in [6, 6.07) is 4.98. The van der Waals surface area contributed by atoms with E-state index in [1.54, 1.807) is 18.2 Å². The second-order valence-electron chi connectivity index (χ2n) is 2.88. The molecule has 0 atom stereocenters. The first kappa shape index (κ1) is 9.58. The molecule has 0 heterocycles. The molecule has 1 aromatic carbocycles. The second kappa shape index (κ2) is 3.94. The highest BCUT2D eigenvalue weighted by molar-refractivity contribution is 5.89. The molecular weight excluding hydrogens is 166 g/mol. The fourth-order valence-corrected chi connectivity index (χ4v) is 1.18. The molecule has 0 saturated heterocycles. The van der Waals surface area contributed by atoms with Crippen LogP contribution < -0.4 is 5.32 Å². The molecule has 0 saturated carbocycles. The summed E-state index contributed by atoms with van der Waals surface area (Å²) in [4.78, 5) is 10.8. The van der Waals surface area contributed by atoms with Gasteiger partial charge in [0.1, 0.15) is 5.75 Å². The minimum absolute atomic E-state index is 0.125. The van der Waals surface area contributed by atoms with Crippen molar-refractivity contribution in [3.8, 4) is 5.75 Å². The Kier molecular flexibility index (Phi) is 2.90. The van der Waals surface area contributed by atoms with Crippen molar-refractivity contribution in [1.82, 2.24) is 0 Å². The van der Waals surface area contributed by atoms with E-state index in [0.29, 0.717) is 5.69 Å². The Hall–Kier alpha value is -1.51. The largest absolute Gasteiger partial charge is 0.508 e. The maximum Gasteiger partial charge on any atom is 0.221 e. The molecular formula is C10H13NO2. The molecule has 0 fully saturated rings. The van der Waals surface area contributed by atoms with Crippen molar-refractivity contribution >= 4 is 11.6 Å². The van der Waals surface area contributed by atoms with E-state index >= 15 is 0 Å². The SMILES string of the molecule is CCc1ccc(O)cc1NC(C)=O. The number of nitrogens with one attached hydrogen (secondary N) is 1. The number of hydrogen-bond donors (Lipinski definition) is 2. The molecule has 0 spiro atoms. The van der Waals surface area contributed by atoms with Gasteiger partial charge in [0.15, 0.2) is 0 Å². The van der Waals surface area contributed by atoms with Crippen LogP contribution in [0.5, 0.6) is 5.75 Å². The molecule has 0 aromatic heterocycles. The fourth-order valence-electron chi connectivity index (χ4n) is 1.18. The summed E-state index contributed by atoms with van der Waals surface area (Å²) in [5.74, 6) is 0.0428. The highest BCUT2D eigenvalue weighted by Crippen LogP contribution is 2.21. The Morgan fingerprint density at radius 1 is 1.54 bits per heavy atom. The second-order valence-corrected chi connectivity index (χ2v) is 2.88. The third kappa shape index (κ3) is 2.47. The predicted octanol–water partition coefficient (Wildman–Crippen LogP) is 1.91. The van der Waals surface area contributed by atoms with E-state index in [1.165, 1.54) is 6.92 Å². The Labute approximate surface area is 77.4 Å². The standard InChI is InChI=1S/C10H13NO2/c1-3-8-4-5-9(13)6-10(8)11-7(2)12/h4-6,13H,3H2,1-2H3,(H,11,12). The zero-order valence-corrected chi connectivity index (χ0v) is 7.79. The summed E-state index contributed by atoms with van der Waals surface area (Å²) in [5.41, 5.74) is 1.71. The highest BCUT2D eigenvalue weighted by Gasteiger charge is 2.02. The molecule has 13 heavy (non-hydrogen) atoms. The lowest BCUT2D eigenvalue weighted by Crippen LogP contribution is -2.07. The van der Waals surface area contributed by atoms with Crippen molar-refractivity contribution < 1.29 is 9.90 Å². The zero-order chi connectivity index (χ0) is 9.84. The number of rotatable bonds is 2. The number of aryl methyl sites for hydroxylation is 1. The zero-order valence-electron chi connectivity index (χ0n) is 7.79. The van der Waals surface area contributed by atoms with Crippen LogP contribution in [-0.2, 0) is 11.2 Å². The van der Waals surface area contributed by atoms with E-state index in [9.17, 15) is 9.90 Å². The van der Waals surface area contributed by atoms with Gasteiger partial charge in [-0.1, -0.05) is 13.0 Å². The van der Waals surface area contributed by atoms with E-state index in [0.717, 1.165) is 12.0 Å². The number of phenols is 1. The molecule has 1 rings (SSSR count). The summed E-state index contributed by atoms with van der Waals surface area (Å²) >= 11 is 0. The molecule has 0 aliphatic heterocycles. The van der Waals surface area contributed by atoms with Crippen LogP contribution in [0.2, 0.25) is 0 Å². The van der Waals surface area contributed by atoms with Gasteiger partial charge < -0.3 is 10.4 Å². The molecule has 0 radical (unpaired) electrons. The minimum atomic E-state index is -0.125. The van der Waals surface area contributed by atoms with E-state index in [1.807, 2.05) is 6.92 Å². The normalized spacial score (nSPS) is 9.69. The fraction of sp³-hybridized carbons (Fsp3) is 0.300. The van der Waals surface area contributed by atoms with Crippen molar-refractivity contribution in [2.24, 2.45) is 0 Å². The lowest BCUT2D eigenvalue weighted by molar-refractivity contribution is -0.114. The molecule has 0 aliphatic rings. The van der Waals surface area contributed by atoms with E-state index < -0.39 is 0 Å². The number of carbonyl (C=O) groups is 1. The van der Waals surface area contributed by atoms with Crippen molar-refractivity contribution in [2.75, 3.05) is 5.32 Å². The summed E-state index contributed by atoms with van der Waals surface area (Å²) in [6.07, 6.45) is 0.829. The minimum Gasteiger partial charge on any atom is -0.508 e. The number of aromatic hydroxyl groups is 1. The molecule has 3 heteroatoms. The van der Waals surface area contributed by atoms with Crippen LogP contribution >= 0.6 is 0 Å². The molecule has 70 valence electrons. The van der Waals surface area contributed by atoms with Gasteiger partial charge in [0.05, 0.1) is 0 Å². The molecule has 1 amide bonds. The van der Waals surface area contributed by atoms with Gasteiger partial charge in [-0.3, -0.25) is 4.79 Å². The lowest BCUT2D eigenvalue weighted by Gasteiger charge is -2.08. The molecule has 0 aliphatic carbocycles. The van der Waals surface area contributed by atoms with Gasteiger partial charge in [-0.15, -0.1) is 0 Å².